The fourth-order valence-corrected chi connectivity index (χ4v) is 3.30. The number of benzene rings is 1. The largest absolute Gasteiger partial charge is 0.573 e. The molecular formula is C18H17F3N4O. The van der Waals surface area contributed by atoms with Crippen LogP contribution in [0.25, 0.3) is 11.0 Å². The van der Waals surface area contributed by atoms with Gasteiger partial charge in [-0.1, -0.05) is 12.1 Å². The van der Waals surface area contributed by atoms with E-state index in [1.54, 1.807) is 6.07 Å². The summed E-state index contributed by atoms with van der Waals surface area (Å²) < 4.78 is 40.5. The number of piperidine rings is 1. The Balaban J connectivity index is 1.40. The number of nitrogens with one attached hydrogen (secondary N) is 1. The van der Waals surface area contributed by atoms with E-state index in [1.165, 1.54) is 6.07 Å². The van der Waals surface area contributed by atoms with E-state index in [-0.39, 0.29) is 5.75 Å². The van der Waals surface area contributed by atoms with Gasteiger partial charge in [0.1, 0.15) is 17.4 Å². The molecule has 5 nitrogen and oxygen atoms in total. The SMILES string of the molecule is FC(F)(F)Oc1ccc(N2CCC(c3nc4ccccc4[nH]3)CC2)nc1. The topological polar surface area (TPSA) is 54.0 Å². The number of aromatic nitrogens is 3. The highest BCUT2D eigenvalue weighted by atomic mass is 19.4. The van der Waals surface area contributed by atoms with Crippen LogP contribution in [0.1, 0.15) is 24.6 Å². The summed E-state index contributed by atoms with van der Waals surface area (Å²) in [6.07, 6.45) is -1.78. The third-order valence-corrected chi connectivity index (χ3v) is 4.57. The molecule has 26 heavy (non-hydrogen) atoms. The number of nitrogens with zero attached hydrogens (tertiary/aromatic N) is 3. The molecule has 0 spiro atoms. The molecule has 1 aromatic carbocycles. The van der Waals surface area contributed by atoms with Crippen LogP contribution in [0.5, 0.6) is 5.75 Å². The number of H-pyrrole nitrogens is 1. The molecule has 2 aromatic heterocycles. The van der Waals surface area contributed by atoms with Crippen LogP contribution in [-0.2, 0) is 0 Å². The molecule has 1 N–H and O–H groups in total. The van der Waals surface area contributed by atoms with Gasteiger partial charge in [-0.05, 0) is 37.1 Å². The molecule has 0 saturated carbocycles. The molecule has 8 heteroatoms. The van der Waals surface area contributed by atoms with Crippen molar-refractivity contribution in [1.29, 1.82) is 0 Å². The zero-order chi connectivity index (χ0) is 18.1. The van der Waals surface area contributed by atoms with Crippen molar-refractivity contribution >= 4 is 16.9 Å². The van der Waals surface area contributed by atoms with Gasteiger partial charge >= 0.3 is 6.36 Å². The van der Waals surface area contributed by atoms with Crippen molar-refractivity contribution in [3.05, 3.63) is 48.4 Å². The second-order valence-electron chi connectivity index (χ2n) is 6.30. The van der Waals surface area contributed by atoms with Crippen LogP contribution >= 0.6 is 0 Å². The number of halogens is 3. The maximum absolute atomic E-state index is 12.2. The van der Waals surface area contributed by atoms with Gasteiger partial charge in [-0.3, -0.25) is 0 Å². The molecule has 1 fully saturated rings. The Hall–Kier alpha value is -2.77. The predicted octanol–water partition coefficient (Wildman–Crippen LogP) is 4.24. The Morgan fingerprint density at radius 3 is 2.50 bits per heavy atom. The summed E-state index contributed by atoms with van der Waals surface area (Å²) >= 11 is 0. The molecule has 1 aliphatic rings. The number of ether oxygens (including phenoxy) is 1. The first-order valence-electron chi connectivity index (χ1n) is 8.39. The second kappa shape index (κ2) is 6.51. The zero-order valence-electron chi connectivity index (χ0n) is 13.8. The van der Waals surface area contributed by atoms with E-state index < -0.39 is 6.36 Å². The van der Waals surface area contributed by atoms with E-state index in [9.17, 15) is 13.2 Å². The molecule has 0 bridgehead atoms. The van der Waals surface area contributed by atoms with Crippen LogP contribution < -0.4 is 9.64 Å². The minimum absolute atomic E-state index is 0.307. The Labute approximate surface area is 147 Å². The van der Waals surface area contributed by atoms with Gasteiger partial charge in [0, 0.05) is 19.0 Å². The molecule has 4 rings (SSSR count). The van der Waals surface area contributed by atoms with Gasteiger partial charge in [0.15, 0.2) is 0 Å². The van der Waals surface area contributed by atoms with Gasteiger partial charge in [0.25, 0.3) is 0 Å². The summed E-state index contributed by atoms with van der Waals surface area (Å²) in [6, 6.07) is 10.8. The maximum Gasteiger partial charge on any atom is 0.573 e. The van der Waals surface area contributed by atoms with Crippen LogP contribution in [0.3, 0.4) is 0 Å². The van der Waals surface area contributed by atoms with Gasteiger partial charge in [0.2, 0.25) is 0 Å². The average molecular weight is 362 g/mol. The molecule has 1 aliphatic heterocycles. The second-order valence-corrected chi connectivity index (χ2v) is 6.30. The lowest BCUT2D eigenvalue weighted by atomic mass is 9.96. The van der Waals surface area contributed by atoms with Crippen molar-refractivity contribution in [3.8, 4) is 5.75 Å². The van der Waals surface area contributed by atoms with Crippen molar-refractivity contribution in [3.63, 3.8) is 0 Å². The minimum atomic E-state index is -4.70. The Bertz CT molecular complexity index is 850. The molecule has 0 atom stereocenters. The average Bonchev–Trinajstić information content (AvgIpc) is 3.05. The van der Waals surface area contributed by atoms with Crippen LogP contribution in [0.4, 0.5) is 19.0 Å². The Morgan fingerprint density at radius 2 is 1.85 bits per heavy atom. The van der Waals surface area contributed by atoms with E-state index in [4.69, 9.17) is 0 Å². The maximum atomic E-state index is 12.2. The fourth-order valence-electron chi connectivity index (χ4n) is 3.30. The van der Waals surface area contributed by atoms with Crippen LogP contribution in [0.2, 0.25) is 0 Å². The molecule has 0 amide bonds. The lowest BCUT2D eigenvalue weighted by molar-refractivity contribution is -0.274. The first kappa shape index (κ1) is 16.7. The normalized spacial score (nSPS) is 16.2. The number of imidazole rings is 1. The van der Waals surface area contributed by atoms with E-state index in [1.807, 2.05) is 24.3 Å². The first-order valence-corrected chi connectivity index (χ1v) is 8.39. The number of hydrogen-bond donors (Lipinski definition) is 1. The highest BCUT2D eigenvalue weighted by Gasteiger charge is 2.31. The van der Waals surface area contributed by atoms with Crippen molar-refractivity contribution in [2.24, 2.45) is 0 Å². The number of para-hydroxylation sites is 2. The predicted molar refractivity (Wildman–Crippen MR) is 91.2 cm³/mol. The molecule has 0 unspecified atom stereocenters. The molecular weight excluding hydrogens is 345 g/mol. The summed E-state index contributed by atoms with van der Waals surface area (Å²) in [6.45, 7) is 1.54. The number of aromatic amines is 1. The summed E-state index contributed by atoms with van der Waals surface area (Å²) in [5.41, 5.74) is 2.00. The first-order chi connectivity index (χ1) is 12.5. The van der Waals surface area contributed by atoms with Gasteiger partial charge < -0.3 is 14.6 Å². The number of hydrogen-bond acceptors (Lipinski definition) is 4. The smallest absolute Gasteiger partial charge is 0.404 e. The van der Waals surface area contributed by atoms with Gasteiger partial charge in [-0.15, -0.1) is 13.2 Å². The number of alkyl halides is 3. The Kier molecular flexibility index (Phi) is 4.18. The van der Waals surface area contributed by atoms with Crippen molar-refractivity contribution in [2.45, 2.75) is 25.1 Å². The molecule has 0 aliphatic carbocycles. The number of fused-ring (bicyclic) bond motifs is 1. The van der Waals surface area contributed by atoms with Crippen molar-refractivity contribution in [1.82, 2.24) is 15.0 Å². The number of anilines is 1. The third-order valence-electron chi connectivity index (χ3n) is 4.57. The van der Waals surface area contributed by atoms with Crippen LogP contribution in [0, 0.1) is 0 Å². The van der Waals surface area contributed by atoms with E-state index in [0.717, 1.165) is 49.0 Å². The lowest BCUT2D eigenvalue weighted by Gasteiger charge is -2.32. The molecule has 1 saturated heterocycles. The molecule has 3 heterocycles. The van der Waals surface area contributed by atoms with Crippen molar-refractivity contribution in [2.75, 3.05) is 18.0 Å². The molecule has 136 valence electrons. The van der Waals surface area contributed by atoms with Crippen molar-refractivity contribution < 1.29 is 17.9 Å². The van der Waals surface area contributed by atoms with Gasteiger partial charge in [-0.25, -0.2) is 9.97 Å². The summed E-state index contributed by atoms with van der Waals surface area (Å²) in [4.78, 5) is 14.2. The quantitative estimate of drug-likeness (QED) is 0.757. The van der Waals surface area contributed by atoms with E-state index in [0.29, 0.717) is 11.7 Å². The van der Waals surface area contributed by atoms with Gasteiger partial charge in [-0.2, -0.15) is 0 Å². The monoisotopic (exact) mass is 362 g/mol. The highest BCUT2D eigenvalue weighted by molar-refractivity contribution is 5.74. The summed E-state index contributed by atoms with van der Waals surface area (Å²) in [7, 11) is 0. The number of pyridine rings is 1. The highest BCUT2D eigenvalue weighted by Crippen LogP contribution is 2.30. The van der Waals surface area contributed by atoms with E-state index >= 15 is 0 Å². The fraction of sp³-hybridized carbons (Fsp3) is 0.333. The Morgan fingerprint density at radius 1 is 1.08 bits per heavy atom. The molecule has 0 radical (unpaired) electrons. The van der Waals surface area contributed by atoms with Gasteiger partial charge in [0.05, 0.1) is 17.2 Å². The number of rotatable bonds is 3. The standard InChI is InChI=1S/C18H17F3N4O/c19-18(20,21)26-13-5-6-16(22-11-13)25-9-7-12(8-10-25)17-23-14-3-1-2-4-15(14)24-17/h1-6,11-12H,7-10H2,(H,23,24). The van der Waals surface area contributed by atoms with Crippen LogP contribution in [0.15, 0.2) is 42.6 Å². The molecule has 3 aromatic rings. The summed E-state index contributed by atoms with van der Waals surface area (Å²) in [5.74, 6) is 1.68. The summed E-state index contributed by atoms with van der Waals surface area (Å²) in [5, 5.41) is 0. The zero-order valence-corrected chi connectivity index (χ0v) is 13.8. The van der Waals surface area contributed by atoms with Crippen LogP contribution in [-0.4, -0.2) is 34.4 Å². The third kappa shape index (κ3) is 3.58. The minimum Gasteiger partial charge on any atom is -0.404 e. The van der Waals surface area contributed by atoms with E-state index in [2.05, 4.69) is 24.6 Å². The lowest BCUT2D eigenvalue weighted by Crippen LogP contribution is -2.33.